The molecule has 1 heterocycles. The van der Waals surface area contributed by atoms with Crippen molar-refractivity contribution in [1.29, 1.82) is 0 Å². The number of nitrogens with one attached hydrogen (secondary N) is 1. The fraction of sp³-hybridized carbons (Fsp3) is 0.174. The van der Waals surface area contributed by atoms with Gasteiger partial charge in [-0.3, -0.25) is 4.79 Å². The summed E-state index contributed by atoms with van der Waals surface area (Å²) in [4.78, 5) is 13.0. The van der Waals surface area contributed by atoms with Crippen LogP contribution < -0.4 is 5.32 Å². The number of rotatable bonds is 1. The van der Waals surface area contributed by atoms with Crippen LogP contribution in [-0.4, -0.2) is 10.9 Å². The van der Waals surface area contributed by atoms with E-state index in [9.17, 15) is 9.90 Å². The fourth-order valence-corrected chi connectivity index (χ4v) is 4.80. The summed E-state index contributed by atoms with van der Waals surface area (Å²) in [5.41, 5.74) is 4.66. The number of hydrogen-bond acceptors (Lipinski definition) is 3. The van der Waals surface area contributed by atoms with Gasteiger partial charge in [0.15, 0.2) is 5.78 Å². The first-order valence-corrected chi connectivity index (χ1v) is 9.96. The van der Waals surface area contributed by atoms with Gasteiger partial charge in [-0.2, -0.15) is 0 Å². The third-order valence-electron chi connectivity index (χ3n) is 5.59. The number of carbonyl (C=O) groups excluding carboxylic acids is 1. The number of carbonyl (C=O) groups is 1. The fourth-order valence-electron chi connectivity index (χ4n) is 4.42. The molecule has 27 heavy (non-hydrogen) atoms. The number of phenolic OH excluding ortho intramolecular Hbond substituents is 1. The zero-order valence-corrected chi connectivity index (χ0v) is 16.2. The van der Waals surface area contributed by atoms with Crippen LogP contribution in [0.25, 0.3) is 10.8 Å². The van der Waals surface area contributed by atoms with Crippen molar-refractivity contribution in [2.24, 2.45) is 0 Å². The molecule has 0 radical (unpaired) electrons. The van der Waals surface area contributed by atoms with E-state index in [1.165, 1.54) is 0 Å². The van der Waals surface area contributed by atoms with Crippen LogP contribution >= 0.6 is 15.9 Å². The first kappa shape index (κ1) is 16.6. The monoisotopic (exact) mass is 419 g/mol. The van der Waals surface area contributed by atoms with E-state index in [0.29, 0.717) is 6.42 Å². The van der Waals surface area contributed by atoms with Crippen LogP contribution in [0.2, 0.25) is 0 Å². The lowest BCUT2D eigenvalue weighted by Gasteiger charge is -2.35. The van der Waals surface area contributed by atoms with Gasteiger partial charge in [0.05, 0.1) is 0 Å². The molecule has 5 rings (SSSR count). The SMILES string of the molecule is O=C1CCCC2=C1C(c1cc(Br)ccc1O)c1c(ccc3ccccc13)N2. The lowest BCUT2D eigenvalue weighted by Crippen LogP contribution is -2.27. The summed E-state index contributed by atoms with van der Waals surface area (Å²) in [6.45, 7) is 0. The van der Waals surface area contributed by atoms with Gasteiger partial charge in [0.2, 0.25) is 0 Å². The van der Waals surface area contributed by atoms with E-state index >= 15 is 0 Å². The maximum absolute atomic E-state index is 13.0. The molecule has 1 aliphatic carbocycles. The van der Waals surface area contributed by atoms with E-state index in [1.807, 2.05) is 24.3 Å². The Bertz CT molecular complexity index is 1130. The Balaban J connectivity index is 1.87. The summed E-state index contributed by atoms with van der Waals surface area (Å²) in [6.07, 6.45) is 2.29. The van der Waals surface area contributed by atoms with Crippen molar-refractivity contribution < 1.29 is 9.90 Å². The minimum Gasteiger partial charge on any atom is -0.508 e. The van der Waals surface area contributed by atoms with Crippen LogP contribution in [0.5, 0.6) is 5.75 Å². The largest absolute Gasteiger partial charge is 0.508 e. The second-order valence-corrected chi connectivity index (χ2v) is 8.09. The number of Topliss-reactive ketones (excluding diaryl/α,β-unsaturated/α-hetero) is 1. The first-order chi connectivity index (χ1) is 13.1. The topological polar surface area (TPSA) is 49.3 Å². The Morgan fingerprint density at radius 1 is 1.04 bits per heavy atom. The highest BCUT2D eigenvalue weighted by Crippen LogP contribution is 2.50. The molecule has 134 valence electrons. The zero-order chi connectivity index (χ0) is 18.5. The molecular weight excluding hydrogens is 402 g/mol. The molecule has 4 heteroatoms. The van der Waals surface area contributed by atoms with Crippen molar-refractivity contribution in [3.63, 3.8) is 0 Å². The molecule has 0 saturated carbocycles. The third kappa shape index (κ3) is 2.59. The lowest BCUT2D eigenvalue weighted by atomic mass is 9.74. The van der Waals surface area contributed by atoms with Crippen LogP contribution in [0.4, 0.5) is 5.69 Å². The van der Waals surface area contributed by atoms with Crippen LogP contribution in [-0.2, 0) is 4.79 Å². The molecule has 0 saturated heterocycles. The molecule has 0 aromatic heterocycles. The van der Waals surface area contributed by atoms with E-state index in [-0.39, 0.29) is 17.5 Å². The molecule has 2 N–H and O–H groups in total. The van der Waals surface area contributed by atoms with Gasteiger partial charge >= 0.3 is 0 Å². The number of anilines is 1. The van der Waals surface area contributed by atoms with Gasteiger partial charge in [-0.05, 0) is 53.4 Å². The summed E-state index contributed by atoms with van der Waals surface area (Å²) in [5.74, 6) is 0.119. The number of halogens is 1. The molecule has 3 nitrogen and oxygen atoms in total. The molecule has 1 atom stereocenters. The summed E-state index contributed by atoms with van der Waals surface area (Å²) in [5, 5.41) is 16.4. The molecule has 0 bridgehead atoms. The van der Waals surface area contributed by atoms with E-state index in [4.69, 9.17) is 0 Å². The number of fused-ring (bicyclic) bond motifs is 3. The molecular formula is C23H18BrNO2. The highest BCUT2D eigenvalue weighted by molar-refractivity contribution is 9.10. The highest BCUT2D eigenvalue weighted by Gasteiger charge is 2.37. The Labute approximate surface area is 165 Å². The highest BCUT2D eigenvalue weighted by atomic mass is 79.9. The Morgan fingerprint density at radius 3 is 2.78 bits per heavy atom. The van der Waals surface area contributed by atoms with Gasteiger partial charge in [-0.1, -0.05) is 46.3 Å². The van der Waals surface area contributed by atoms with Gasteiger partial charge in [0.1, 0.15) is 5.75 Å². The Kier molecular flexibility index (Phi) is 3.83. The molecule has 0 amide bonds. The number of allylic oxidation sites excluding steroid dienone is 2. The van der Waals surface area contributed by atoms with Crippen molar-refractivity contribution in [2.75, 3.05) is 5.32 Å². The molecule has 0 spiro atoms. The zero-order valence-electron chi connectivity index (χ0n) is 14.6. The van der Waals surface area contributed by atoms with Crippen molar-refractivity contribution in [1.82, 2.24) is 0 Å². The first-order valence-electron chi connectivity index (χ1n) is 9.17. The summed E-state index contributed by atoms with van der Waals surface area (Å²) >= 11 is 3.53. The molecule has 3 aromatic rings. The maximum Gasteiger partial charge on any atom is 0.161 e. The van der Waals surface area contributed by atoms with Gasteiger partial charge < -0.3 is 10.4 Å². The van der Waals surface area contributed by atoms with Gasteiger partial charge in [-0.15, -0.1) is 0 Å². The second kappa shape index (κ2) is 6.24. The summed E-state index contributed by atoms with van der Waals surface area (Å²) in [7, 11) is 0. The van der Waals surface area contributed by atoms with E-state index in [0.717, 1.165) is 56.2 Å². The summed E-state index contributed by atoms with van der Waals surface area (Å²) in [6, 6.07) is 17.9. The molecule has 1 aliphatic heterocycles. The number of aromatic hydroxyl groups is 1. The van der Waals surface area contributed by atoms with E-state index in [2.05, 4.69) is 45.5 Å². The molecule has 0 fully saturated rings. The lowest BCUT2D eigenvalue weighted by molar-refractivity contribution is -0.116. The number of benzene rings is 3. The van der Waals surface area contributed by atoms with Crippen molar-refractivity contribution in [2.45, 2.75) is 25.2 Å². The molecule has 2 aliphatic rings. The predicted molar refractivity (Wildman–Crippen MR) is 111 cm³/mol. The Hall–Kier alpha value is -2.59. The minimum atomic E-state index is -0.271. The predicted octanol–water partition coefficient (Wildman–Crippen LogP) is 5.87. The molecule has 1 unspecified atom stereocenters. The van der Waals surface area contributed by atoms with E-state index in [1.54, 1.807) is 6.07 Å². The number of phenols is 1. The number of ketones is 1. The normalized spacial score (nSPS) is 18.9. The standard InChI is InChI=1S/C23H18BrNO2/c24-14-9-11-19(26)16(12-14)22-21-15-5-2-1-4-13(15)8-10-18(21)25-17-6-3-7-20(27)23(17)22/h1-2,4-5,8-12,22,25-26H,3,6-7H2. The van der Waals surface area contributed by atoms with Crippen LogP contribution in [0, 0.1) is 0 Å². The quantitative estimate of drug-likeness (QED) is 0.518. The average Bonchev–Trinajstić information content (AvgIpc) is 2.68. The summed E-state index contributed by atoms with van der Waals surface area (Å²) < 4.78 is 0.890. The average molecular weight is 420 g/mol. The smallest absolute Gasteiger partial charge is 0.161 e. The maximum atomic E-state index is 13.0. The number of hydrogen-bond donors (Lipinski definition) is 2. The third-order valence-corrected chi connectivity index (χ3v) is 6.08. The van der Waals surface area contributed by atoms with Crippen molar-refractivity contribution in [3.8, 4) is 5.75 Å². The van der Waals surface area contributed by atoms with Crippen molar-refractivity contribution >= 4 is 38.2 Å². The minimum absolute atomic E-state index is 0.173. The van der Waals surface area contributed by atoms with Crippen LogP contribution in [0.1, 0.15) is 36.3 Å². The molecule has 3 aromatic carbocycles. The van der Waals surface area contributed by atoms with E-state index < -0.39 is 0 Å². The van der Waals surface area contributed by atoms with Gasteiger partial charge in [0.25, 0.3) is 0 Å². The van der Waals surface area contributed by atoms with Gasteiger partial charge in [0, 0.05) is 39.3 Å². The Morgan fingerprint density at radius 2 is 1.89 bits per heavy atom. The van der Waals surface area contributed by atoms with Crippen LogP contribution in [0.3, 0.4) is 0 Å². The second-order valence-electron chi connectivity index (χ2n) is 7.18. The van der Waals surface area contributed by atoms with Crippen molar-refractivity contribution in [3.05, 3.63) is 81.5 Å². The van der Waals surface area contributed by atoms with Gasteiger partial charge in [-0.25, -0.2) is 0 Å². The van der Waals surface area contributed by atoms with Crippen LogP contribution in [0.15, 0.2) is 70.3 Å².